The van der Waals surface area contributed by atoms with E-state index in [9.17, 15) is 18.0 Å². The van der Waals surface area contributed by atoms with Gasteiger partial charge in [0.25, 0.3) is 5.91 Å². The Hall–Kier alpha value is -1.86. The molecule has 2 aromatic rings. The monoisotopic (exact) mass is 335 g/mol. The molecular weight excluding hydrogens is 330 g/mol. The minimum Gasteiger partial charge on any atom is -0.321 e. The fourth-order valence-corrected chi connectivity index (χ4v) is 1.91. The van der Waals surface area contributed by atoms with E-state index in [0.29, 0.717) is 0 Å². The van der Waals surface area contributed by atoms with Crippen LogP contribution in [-0.4, -0.2) is 15.9 Å². The van der Waals surface area contributed by atoms with Gasteiger partial charge >= 0.3 is 6.18 Å². The molecule has 0 radical (unpaired) electrons. The van der Waals surface area contributed by atoms with Gasteiger partial charge < -0.3 is 5.32 Å². The Bertz CT molecular complexity index is 692. The number of carbonyl (C=O) groups excluding carboxylic acids is 1. The van der Waals surface area contributed by atoms with Gasteiger partial charge in [0.1, 0.15) is 5.15 Å². The largest absolute Gasteiger partial charge is 0.418 e. The van der Waals surface area contributed by atoms with Gasteiger partial charge in [-0.3, -0.25) is 4.79 Å². The van der Waals surface area contributed by atoms with Crippen molar-refractivity contribution in [3.05, 3.63) is 52.0 Å². The van der Waals surface area contributed by atoms with Crippen LogP contribution in [0.5, 0.6) is 0 Å². The van der Waals surface area contributed by atoms with Crippen molar-refractivity contribution in [2.45, 2.75) is 6.18 Å². The molecule has 0 bridgehead atoms. The molecular formula is C12H6Cl2F3N3O. The smallest absolute Gasteiger partial charge is 0.321 e. The number of rotatable bonds is 2. The van der Waals surface area contributed by atoms with Crippen molar-refractivity contribution in [1.29, 1.82) is 0 Å². The molecule has 0 unspecified atom stereocenters. The molecule has 4 nitrogen and oxygen atoms in total. The molecule has 1 amide bonds. The maximum absolute atomic E-state index is 12.8. The van der Waals surface area contributed by atoms with E-state index >= 15 is 0 Å². The Morgan fingerprint density at radius 3 is 2.48 bits per heavy atom. The molecule has 1 aromatic heterocycles. The summed E-state index contributed by atoms with van der Waals surface area (Å²) in [5.41, 5.74) is -1.54. The van der Waals surface area contributed by atoms with Crippen molar-refractivity contribution in [3.8, 4) is 0 Å². The second kappa shape index (κ2) is 5.87. The number of hydrogen-bond acceptors (Lipinski definition) is 3. The quantitative estimate of drug-likeness (QED) is 0.665. The molecule has 0 aliphatic heterocycles. The lowest BCUT2D eigenvalue weighted by Crippen LogP contribution is -2.17. The normalized spacial score (nSPS) is 11.3. The highest BCUT2D eigenvalue weighted by Crippen LogP contribution is 2.34. The lowest BCUT2D eigenvalue weighted by atomic mass is 10.1. The van der Waals surface area contributed by atoms with Gasteiger partial charge in [-0.1, -0.05) is 23.7 Å². The molecule has 1 heterocycles. The molecule has 0 saturated heterocycles. The van der Waals surface area contributed by atoms with E-state index in [1.165, 1.54) is 12.1 Å². The molecule has 0 fully saturated rings. The molecule has 9 heteroatoms. The van der Waals surface area contributed by atoms with Crippen LogP contribution in [0.4, 0.5) is 18.9 Å². The van der Waals surface area contributed by atoms with Crippen molar-refractivity contribution >= 4 is 34.8 Å². The fourth-order valence-electron chi connectivity index (χ4n) is 1.52. The van der Waals surface area contributed by atoms with Crippen molar-refractivity contribution in [2.75, 3.05) is 5.32 Å². The van der Waals surface area contributed by atoms with Crippen molar-refractivity contribution < 1.29 is 18.0 Å². The van der Waals surface area contributed by atoms with Crippen LogP contribution in [0.1, 0.15) is 15.9 Å². The number of nitrogens with one attached hydrogen (secondary N) is 1. The van der Waals surface area contributed by atoms with Gasteiger partial charge in [0, 0.05) is 6.20 Å². The van der Waals surface area contributed by atoms with Gasteiger partial charge in [0.15, 0.2) is 0 Å². The second-order valence-corrected chi connectivity index (χ2v) is 4.54. The molecule has 0 aliphatic carbocycles. The summed E-state index contributed by atoms with van der Waals surface area (Å²) < 4.78 is 38.4. The Morgan fingerprint density at radius 1 is 1.19 bits per heavy atom. The minimum absolute atomic E-state index is 0.174. The Balaban J connectivity index is 2.32. The predicted octanol–water partition coefficient (Wildman–Crippen LogP) is 4.05. The molecule has 0 spiro atoms. The zero-order valence-electron chi connectivity index (χ0n) is 10.1. The van der Waals surface area contributed by atoms with Crippen molar-refractivity contribution in [2.24, 2.45) is 0 Å². The summed E-state index contributed by atoms with van der Waals surface area (Å²) in [5, 5.41) is 1.70. The minimum atomic E-state index is -4.59. The molecule has 0 aliphatic rings. The highest BCUT2D eigenvalue weighted by Gasteiger charge is 2.33. The van der Waals surface area contributed by atoms with Crippen LogP contribution >= 0.6 is 23.2 Å². The molecule has 0 saturated carbocycles. The zero-order valence-corrected chi connectivity index (χ0v) is 11.6. The Labute approximate surface area is 126 Å². The maximum atomic E-state index is 12.8. The van der Waals surface area contributed by atoms with Crippen LogP contribution in [0.2, 0.25) is 10.4 Å². The van der Waals surface area contributed by atoms with Crippen LogP contribution in [0, 0.1) is 0 Å². The van der Waals surface area contributed by atoms with E-state index in [1.54, 1.807) is 0 Å². The van der Waals surface area contributed by atoms with Crippen LogP contribution in [0.25, 0.3) is 0 Å². The third-order valence-corrected chi connectivity index (χ3v) is 2.91. The van der Waals surface area contributed by atoms with Crippen LogP contribution in [-0.2, 0) is 6.18 Å². The van der Waals surface area contributed by atoms with Gasteiger partial charge in [0.05, 0.1) is 16.8 Å². The number of aromatic nitrogens is 2. The van der Waals surface area contributed by atoms with E-state index in [0.717, 1.165) is 18.3 Å². The molecule has 1 N–H and O–H groups in total. The molecule has 1 aromatic carbocycles. The van der Waals surface area contributed by atoms with E-state index in [1.807, 2.05) is 0 Å². The summed E-state index contributed by atoms with van der Waals surface area (Å²) in [7, 11) is 0. The van der Waals surface area contributed by atoms with Crippen LogP contribution in [0.15, 0.2) is 30.5 Å². The average Bonchev–Trinajstić information content (AvgIpc) is 2.37. The summed E-state index contributed by atoms with van der Waals surface area (Å²) in [6, 6.07) is 4.57. The lowest BCUT2D eigenvalue weighted by Gasteiger charge is -2.13. The fraction of sp³-hybridized carbons (Fsp3) is 0.0833. The second-order valence-electron chi connectivity index (χ2n) is 3.84. The highest BCUT2D eigenvalue weighted by molar-refractivity contribution is 6.34. The predicted molar refractivity (Wildman–Crippen MR) is 71.4 cm³/mol. The number of amides is 1. The number of alkyl halides is 3. The summed E-state index contributed by atoms with van der Waals surface area (Å²) >= 11 is 11.2. The first-order chi connectivity index (χ1) is 9.79. The first-order valence-electron chi connectivity index (χ1n) is 5.44. The molecule has 2 rings (SSSR count). The summed E-state index contributed by atoms with van der Waals surface area (Å²) in [4.78, 5) is 19.0. The van der Waals surface area contributed by atoms with Crippen LogP contribution < -0.4 is 5.32 Å². The Morgan fingerprint density at radius 2 is 1.86 bits per heavy atom. The summed E-state index contributed by atoms with van der Waals surface area (Å²) in [5.74, 6) is -0.867. The Kier molecular flexibility index (Phi) is 4.34. The zero-order chi connectivity index (χ0) is 15.6. The topological polar surface area (TPSA) is 54.9 Å². The van der Waals surface area contributed by atoms with Gasteiger partial charge in [-0.05, 0) is 23.7 Å². The van der Waals surface area contributed by atoms with E-state index in [2.05, 4.69) is 15.3 Å². The third kappa shape index (κ3) is 3.62. The van der Waals surface area contributed by atoms with E-state index in [-0.39, 0.29) is 21.7 Å². The number of hydrogen-bond donors (Lipinski definition) is 1. The van der Waals surface area contributed by atoms with Crippen LogP contribution in [0.3, 0.4) is 0 Å². The third-order valence-electron chi connectivity index (χ3n) is 2.44. The van der Waals surface area contributed by atoms with Crippen molar-refractivity contribution in [3.63, 3.8) is 0 Å². The van der Waals surface area contributed by atoms with Gasteiger partial charge in [0.2, 0.25) is 5.28 Å². The highest BCUT2D eigenvalue weighted by atomic mass is 35.5. The number of nitrogens with zero attached hydrogens (tertiary/aromatic N) is 2. The van der Waals surface area contributed by atoms with Gasteiger partial charge in [-0.15, -0.1) is 0 Å². The SMILES string of the molecule is O=C(Nc1ccccc1C(F)(F)F)c1cnc(Cl)nc1Cl. The maximum Gasteiger partial charge on any atom is 0.418 e. The first kappa shape index (κ1) is 15.5. The number of para-hydroxylation sites is 1. The molecule has 21 heavy (non-hydrogen) atoms. The molecule has 0 atom stereocenters. The van der Waals surface area contributed by atoms with E-state index in [4.69, 9.17) is 23.2 Å². The summed E-state index contributed by atoms with van der Waals surface area (Å²) in [6.45, 7) is 0. The van der Waals surface area contributed by atoms with Gasteiger partial charge in [-0.2, -0.15) is 13.2 Å². The first-order valence-corrected chi connectivity index (χ1v) is 6.20. The van der Waals surface area contributed by atoms with Crippen molar-refractivity contribution in [1.82, 2.24) is 9.97 Å². The number of benzene rings is 1. The number of halogens is 5. The number of carbonyl (C=O) groups is 1. The van der Waals surface area contributed by atoms with Gasteiger partial charge in [-0.25, -0.2) is 9.97 Å². The lowest BCUT2D eigenvalue weighted by molar-refractivity contribution is -0.136. The number of anilines is 1. The summed E-state index contributed by atoms with van der Waals surface area (Å²) in [6.07, 6.45) is -3.56. The average molecular weight is 336 g/mol. The van der Waals surface area contributed by atoms with E-state index < -0.39 is 17.6 Å². The standard InChI is InChI=1S/C12H6Cl2F3N3O/c13-9-6(5-18-11(14)20-9)10(21)19-8-4-2-1-3-7(8)12(15,16)17/h1-5H,(H,19,21). The molecule has 110 valence electrons.